The van der Waals surface area contributed by atoms with Gasteiger partial charge in [-0.15, -0.1) is 0 Å². The van der Waals surface area contributed by atoms with Gasteiger partial charge in [-0.1, -0.05) is 13.0 Å². The van der Waals surface area contributed by atoms with Crippen molar-refractivity contribution in [2.45, 2.75) is 13.3 Å². The zero-order valence-electron chi connectivity index (χ0n) is 9.94. The zero-order valence-corrected chi connectivity index (χ0v) is 9.94. The van der Waals surface area contributed by atoms with E-state index < -0.39 is 0 Å². The molecule has 0 radical (unpaired) electrons. The molecule has 4 heteroatoms. The van der Waals surface area contributed by atoms with Crippen LogP contribution < -0.4 is 0 Å². The fourth-order valence-electron chi connectivity index (χ4n) is 1.97. The first-order chi connectivity index (χ1) is 8.78. The first kappa shape index (κ1) is 10.9. The third-order valence-electron chi connectivity index (χ3n) is 2.98. The molecule has 0 spiro atoms. The van der Waals surface area contributed by atoms with Gasteiger partial charge in [-0.3, -0.25) is 4.98 Å². The van der Waals surface area contributed by atoms with Gasteiger partial charge in [0.15, 0.2) is 5.82 Å². The molecule has 0 aliphatic heterocycles. The summed E-state index contributed by atoms with van der Waals surface area (Å²) >= 11 is 0. The van der Waals surface area contributed by atoms with Crippen molar-refractivity contribution in [3.8, 4) is 11.4 Å². The summed E-state index contributed by atoms with van der Waals surface area (Å²) in [6, 6.07) is 7.65. The van der Waals surface area contributed by atoms with Crippen molar-refractivity contribution >= 4 is 11.0 Å². The summed E-state index contributed by atoms with van der Waals surface area (Å²) in [5.74, 6) is 0.172. The van der Waals surface area contributed by atoms with Crippen LogP contribution in [0.25, 0.3) is 22.4 Å². The van der Waals surface area contributed by atoms with Crippen LogP contribution in [-0.2, 0) is 6.42 Å². The van der Waals surface area contributed by atoms with Gasteiger partial charge in [0, 0.05) is 6.20 Å². The van der Waals surface area contributed by atoms with Gasteiger partial charge in [-0.2, -0.15) is 0 Å². The summed E-state index contributed by atoms with van der Waals surface area (Å²) in [5.41, 5.74) is 3.45. The van der Waals surface area contributed by atoms with E-state index in [1.807, 2.05) is 18.2 Å². The van der Waals surface area contributed by atoms with Crippen LogP contribution in [0.4, 0.5) is 4.39 Å². The molecule has 2 aromatic heterocycles. The second-order valence-corrected chi connectivity index (χ2v) is 4.15. The summed E-state index contributed by atoms with van der Waals surface area (Å²) in [6.45, 7) is 2.10. The van der Waals surface area contributed by atoms with Gasteiger partial charge >= 0.3 is 0 Å². The van der Waals surface area contributed by atoms with Crippen LogP contribution in [0, 0.1) is 5.82 Å². The van der Waals surface area contributed by atoms with Crippen LogP contribution in [0.1, 0.15) is 12.5 Å². The van der Waals surface area contributed by atoms with Gasteiger partial charge in [0.1, 0.15) is 5.82 Å². The third-order valence-corrected chi connectivity index (χ3v) is 2.98. The fraction of sp³-hybridized carbons (Fsp3) is 0.143. The minimum Gasteiger partial charge on any atom is -0.338 e. The van der Waals surface area contributed by atoms with Crippen molar-refractivity contribution < 1.29 is 4.39 Å². The number of rotatable bonds is 2. The number of hydrogen-bond acceptors (Lipinski definition) is 2. The number of hydrogen-bond donors (Lipinski definition) is 1. The number of imidazole rings is 1. The topological polar surface area (TPSA) is 41.6 Å². The summed E-state index contributed by atoms with van der Waals surface area (Å²) < 4.78 is 13.6. The van der Waals surface area contributed by atoms with Crippen molar-refractivity contribution in [3.05, 3.63) is 48.0 Å². The van der Waals surface area contributed by atoms with Crippen molar-refractivity contribution in [1.82, 2.24) is 15.0 Å². The third kappa shape index (κ3) is 1.76. The molecule has 90 valence electrons. The highest BCUT2D eigenvalue weighted by Gasteiger charge is 2.09. The van der Waals surface area contributed by atoms with Crippen LogP contribution in [0.3, 0.4) is 0 Å². The Morgan fingerprint density at radius 3 is 2.94 bits per heavy atom. The van der Waals surface area contributed by atoms with Crippen molar-refractivity contribution in [2.75, 3.05) is 0 Å². The van der Waals surface area contributed by atoms with Crippen LogP contribution in [-0.4, -0.2) is 15.0 Å². The van der Waals surface area contributed by atoms with E-state index in [0.717, 1.165) is 17.5 Å². The van der Waals surface area contributed by atoms with E-state index in [9.17, 15) is 4.39 Å². The molecule has 0 amide bonds. The number of aromatic nitrogens is 3. The normalized spacial score (nSPS) is 11.0. The van der Waals surface area contributed by atoms with Gasteiger partial charge < -0.3 is 4.98 Å². The van der Waals surface area contributed by atoms with Gasteiger partial charge in [-0.25, -0.2) is 9.37 Å². The summed E-state index contributed by atoms with van der Waals surface area (Å²) in [5, 5.41) is 0. The van der Waals surface area contributed by atoms with E-state index in [2.05, 4.69) is 21.9 Å². The Kier molecular flexibility index (Phi) is 2.55. The SMILES string of the molecule is CCc1ccc2nc(-c3ccncc3F)[nH]c2c1. The van der Waals surface area contributed by atoms with Crippen LogP contribution in [0.2, 0.25) is 0 Å². The Labute approximate surface area is 104 Å². The standard InChI is InChI=1S/C14H12FN3/c1-2-9-3-4-12-13(7-9)18-14(17-12)10-5-6-16-8-11(10)15/h3-8H,2H2,1H3,(H,17,18). The Morgan fingerprint density at radius 1 is 1.28 bits per heavy atom. The molecule has 0 saturated carbocycles. The summed E-state index contributed by atoms with van der Waals surface area (Å²) in [6.07, 6.45) is 3.72. The maximum Gasteiger partial charge on any atom is 0.152 e. The highest BCUT2D eigenvalue weighted by Crippen LogP contribution is 2.22. The lowest BCUT2D eigenvalue weighted by molar-refractivity contribution is 0.624. The summed E-state index contributed by atoms with van der Waals surface area (Å²) in [7, 11) is 0. The molecule has 3 aromatic rings. The first-order valence-corrected chi connectivity index (χ1v) is 5.86. The molecule has 18 heavy (non-hydrogen) atoms. The monoisotopic (exact) mass is 241 g/mol. The molecule has 0 bridgehead atoms. The molecule has 3 nitrogen and oxygen atoms in total. The van der Waals surface area contributed by atoms with Gasteiger partial charge in [0.05, 0.1) is 22.8 Å². The molecule has 3 rings (SSSR count). The number of pyridine rings is 1. The first-order valence-electron chi connectivity index (χ1n) is 5.86. The Balaban J connectivity index is 2.17. The largest absolute Gasteiger partial charge is 0.338 e. The number of nitrogens with zero attached hydrogens (tertiary/aromatic N) is 2. The molecule has 0 aliphatic carbocycles. The van der Waals surface area contributed by atoms with E-state index in [0.29, 0.717) is 11.4 Å². The van der Waals surface area contributed by atoms with Gasteiger partial charge in [0.25, 0.3) is 0 Å². The minimum absolute atomic E-state index is 0.368. The van der Waals surface area contributed by atoms with Crippen LogP contribution in [0.15, 0.2) is 36.7 Å². The molecule has 2 heterocycles. The Hall–Kier alpha value is -2.23. The average molecular weight is 241 g/mol. The van der Waals surface area contributed by atoms with Gasteiger partial charge in [-0.05, 0) is 30.2 Å². The van der Waals surface area contributed by atoms with Crippen LogP contribution in [0.5, 0.6) is 0 Å². The molecule has 1 N–H and O–H groups in total. The van der Waals surface area contributed by atoms with Crippen molar-refractivity contribution in [1.29, 1.82) is 0 Å². The maximum atomic E-state index is 13.6. The number of fused-ring (bicyclic) bond motifs is 1. The zero-order chi connectivity index (χ0) is 12.5. The van der Waals surface area contributed by atoms with E-state index in [4.69, 9.17) is 0 Å². The second kappa shape index (κ2) is 4.22. The Morgan fingerprint density at radius 2 is 2.17 bits per heavy atom. The van der Waals surface area contributed by atoms with Gasteiger partial charge in [0.2, 0.25) is 0 Å². The quantitative estimate of drug-likeness (QED) is 0.747. The lowest BCUT2D eigenvalue weighted by Gasteiger charge is -1.96. The number of nitrogens with one attached hydrogen (secondary N) is 1. The van der Waals surface area contributed by atoms with E-state index in [1.54, 1.807) is 12.3 Å². The molecular weight excluding hydrogens is 229 g/mol. The number of benzene rings is 1. The lowest BCUT2D eigenvalue weighted by atomic mass is 10.1. The molecule has 0 unspecified atom stereocenters. The second-order valence-electron chi connectivity index (χ2n) is 4.15. The molecule has 0 atom stereocenters. The predicted molar refractivity (Wildman–Crippen MR) is 68.7 cm³/mol. The van der Waals surface area contributed by atoms with Crippen molar-refractivity contribution in [2.24, 2.45) is 0 Å². The van der Waals surface area contributed by atoms with E-state index in [-0.39, 0.29) is 5.82 Å². The van der Waals surface area contributed by atoms with E-state index >= 15 is 0 Å². The Bertz CT molecular complexity index is 703. The average Bonchev–Trinajstić information content (AvgIpc) is 2.81. The number of halogens is 1. The maximum absolute atomic E-state index is 13.6. The van der Waals surface area contributed by atoms with E-state index in [1.165, 1.54) is 11.8 Å². The predicted octanol–water partition coefficient (Wildman–Crippen LogP) is 3.33. The lowest BCUT2D eigenvalue weighted by Crippen LogP contribution is -1.86. The minimum atomic E-state index is -0.368. The number of H-pyrrole nitrogens is 1. The highest BCUT2D eigenvalue weighted by molar-refractivity contribution is 5.80. The van der Waals surface area contributed by atoms with Crippen LogP contribution >= 0.6 is 0 Å². The summed E-state index contributed by atoms with van der Waals surface area (Å²) in [4.78, 5) is 11.3. The highest BCUT2D eigenvalue weighted by atomic mass is 19.1. The molecule has 0 aliphatic rings. The molecule has 0 saturated heterocycles. The smallest absolute Gasteiger partial charge is 0.152 e. The number of aryl methyl sites for hydroxylation is 1. The fourth-order valence-corrected chi connectivity index (χ4v) is 1.97. The molecule has 1 aromatic carbocycles. The molecular formula is C14H12FN3. The molecule has 0 fully saturated rings. The number of aromatic amines is 1. The van der Waals surface area contributed by atoms with Crippen molar-refractivity contribution in [3.63, 3.8) is 0 Å².